The van der Waals surface area contributed by atoms with Crippen LogP contribution in [-0.2, 0) is 4.79 Å². The number of likely N-dealkylation sites (tertiary alicyclic amines) is 1. The Morgan fingerprint density at radius 3 is 2.82 bits per heavy atom. The van der Waals surface area contributed by atoms with E-state index < -0.39 is 5.97 Å². The smallest absolute Gasteiger partial charge is 0.309 e. The monoisotopic (exact) mass is 175 g/mol. The molecule has 0 saturated carbocycles. The van der Waals surface area contributed by atoms with Crippen LogP contribution in [0.4, 0.5) is 0 Å². The Morgan fingerprint density at radius 1 is 1.73 bits per heavy atom. The van der Waals surface area contributed by atoms with Gasteiger partial charge in [-0.1, -0.05) is 0 Å². The maximum Gasteiger partial charge on any atom is 0.309 e. The van der Waals surface area contributed by atoms with Gasteiger partial charge >= 0.3 is 5.97 Å². The first-order valence-corrected chi connectivity index (χ1v) is 5.07. The largest absolute Gasteiger partial charge is 0.481 e. The molecule has 3 nitrogen and oxygen atoms in total. The minimum Gasteiger partial charge on any atom is -0.481 e. The fourth-order valence-corrected chi connectivity index (χ4v) is 1.57. The first kappa shape index (κ1) is 8.87. The maximum absolute atomic E-state index is 10.4. The lowest BCUT2D eigenvalue weighted by Crippen LogP contribution is -2.50. The van der Waals surface area contributed by atoms with Gasteiger partial charge in [0.2, 0.25) is 0 Å². The Bertz CT molecular complexity index is 145. The molecule has 0 unspecified atom stereocenters. The number of rotatable bonds is 4. The number of thioether (sulfide) groups is 1. The summed E-state index contributed by atoms with van der Waals surface area (Å²) in [4.78, 5) is 12.5. The number of aliphatic carboxylic acids is 1. The molecule has 1 aliphatic heterocycles. The predicted molar refractivity (Wildman–Crippen MR) is 45.9 cm³/mol. The van der Waals surface area contributed by atoms with Gasteiger partial charge in [-0.05, 0) is 6.26 Å². The van der Waals surface area contributed by atoms with Crippen molar-refractivity contribution in [2.45, 2.75) is 0 Å². The van der Waals surface area contributed by atoms with Crippen LogP contribution in [0.2, 0.25) is 0 Å². The summed E-state index contributed by atoms with van der Waals surface area (Å²) >= 11 is 1.80. The van der Waals surface area contributed by atoms with Crippen LogP contribution in [0.5, 0.6) is 0 Å². The maximum atomic E-state index is 10.4. The molecule has 4 heteroatoms. The van der Waals surface area contributed by atoms with E-state index in [2.05, 4.69) is 11.2 Å². The molecule has 0 aromatic rings. The van der Waals surface area contributed by atoms with E-state index in [4.69, 9.17) is 5.11 Å². The Kier molecular flexibility index (Phi) is 3.20. The van der Waals surface area contributed by atoms with Crippen molar-refractivity contribution in [1.29, 1.82) is 0 Å². The molecule has 0 bridgehead atoms. The quantitative estimate of drug-likeness (QED) is 0.670. The average Bonchev–Trinajstić information content (AvgIpc) is 1.84. The third-order valence-corrected chi connectivity index (χ3v) is 2.51. The summed E-state index contributed by atoms with van der Waals surface area (Å²) in [5, 5.41) is 8.54. The molecule has 1 N–H and O–H groups in total. The molecule has 0 atom stereocenters. The number of carboxylic acids is 1. The summed E-state index contributed by atoms with van der Waals surface area (Å²) in [6, 6.07) is 0. The van der Waals surface area contributed by atoms with Crippen molar-refractivity contribution < 1.29 is 9.90 Å². The van der Waals surface area contributed by atoms with Gasteiger partial charge in [0.25, 0.3) is 0 Å². The van der Waals surface area contributed by atoms with Crippen LogP contribution in [0.1, 0.15) is 0 Å². The standard InChI is InChI=1S/C7H13NO2S/c1-11-3-2-8-4-6(5-8)7(9)10/h6H,2-5H2,1H3,(H,9,10). The highest BCUT2D eigenvalue weighted by atomic mass is 32.2. The summed E-state index contributed by atoms with van der Waals surface area (Å²) in [5.41, 5.74) is 0. The van der Waals surface area contributed by atoms with Gasteiger partial charge in [0.1, 0.15) is 0 Å². The van der Waals surface area contributed by atoms with E-state index in [1.165, 1.54) is 0 Å². The van der Waals surface area contributed by atoms with Gasteiger partial charge in [-0.25, -0.2) is 0 Å². The lowest BCUT2D eigenvalue weighted by Gasteiger charge is -2.36. The van der Waals surface area contributed by atoms with Crippen molar-refractivity contribution in [3.05, 3.63) is 0 Å². The Balaban J connectivity index is 2.05. The fraction of sp³-hybridized carbons (Fsp3) is 0.857. The molecule has 0 spiro atoms. The first-order valence-electron chi connectivity index (χ1n) is 3.68. The van der Waals surface area contributed by atoms with Crippen molar-refractivity contribution in [2.24, 2.45) is 5.92 Å². The molecule has 0 amide bonds. The molecule has 11 heavy (non-hydrogen) atoms. The van der Waals surface area contributed by atoms with E-state index >= 15 is 0 Å². The minimum absolute atomic E-state index is 0.100. The third kappa shape index (κ3) is 2.38. The highest BCUT2D eigenvalue weighted by Crippen LogP contribution is 2.15. The third-order valence-electron chi connectivity index (χ3n) is 1.92. The van der Waals surface area contributed by atoms with Crippen LogP contribution in [0, 0.1) is 5.92 Å². The fourth-order valence-electron chi connectivity index (χ4n) is 1.13. The lowest BCUT2D eigenvalue weighted by atomic mass is 10.0. The van der Waals surface area contributed by atoms with Gasteiger partial charge in [0.05, 0.1) is 5.92 Å². The van der Waals surface area contributed by atoms with E-state index in [1.54, 1.807) is 11.8 Å². The molecule has 1 saturated heterocycles. The molecule has 0 radical (unpaired) electrons. The normalized spacial score (nSPS) is 19.7. The zero-order chi connectivity index (χ0) is 8.27. The average molecular weight is 175 g/mol. The molecule has 64 valence electrons. The molecule has 1 heterocycles. The van der Waals surface area contributed by atoms with Gasteiger partial charge in [0, 0.05) is 25.4 Å². The zero-order valence-electron chi connectivity index (χ0n) is 6.62. The van der Waals surface area contributed by atoms with Crippen molar-refractivity contribution in [1.82, 2.24) is 4.90 Å². The van der Waals surface area contributed by atoms with Crippen LogP contribution in [-0.4, -0.2) is 47.6 Å². The van der Waals surface area contributed by atoms with Gasteiger partial charge in [-0.3, -0.25) is 4.79 Å². The second kappa shape index (κ2) is 3.97. The second-order valence-electron chi connectivity index (χ2n) is 2.79. The van der Waals surface area contributed by atoms with Crippen molar-refractivity contribution >= 4 is 17.7 Å². The molecule has 0 aliphatic carbocycles. The van der Waals surface area contributed by atoms with Crippen LogP contribution in [0.25, 0.3) is 0 Å². The summed E-state index contributed by atoms with van der Waals surface area (Å²) in [6.07, 6.45) is 2.06. The number of nitrogens with zero attached hydrogens (tertiary/aromatic N) is 1. The van der Waals surface area contributed by atoms with E-state index in [0.717, 1.165) is 25.4 Å². The van der Waals surface area contributed by atoms with E-state index in [1.807, 2.05) is 0 Å². The number of hydrogen-bond donors (Lipinski definition) is 1. The van der Waals surface area contributed by atoms with Crippen LogP contribution in [0.15, 0.2) is 0 Å². The zero-order valence-corrected chi connectivity index (χ0v) is 7.43. The molecular formula is C7H13NO2S. The molecule has 1 rings (SSSR count). The second-order valence-corrected chi connectivity index (χ2v) is 3.77. The van der Waals surface area contributed by atoms with E-state index in [0.29, 0.717) is 0 Å². The summed E-state index contributed by atoms with van der Waals surface area (Å²) < 4.78 is 0. The van der Waals surface area contributed by atoms with Gasteiger partial charge in [-0.2, -0.15) is 11.8 Å². The first-order chi connectivity index (χ1) is 5.24. The molecule has 1 aliphatic rings. The molecule has 1 fully saturated rings. The summed E-state index contributed by atoms with van der Waals surface area (Å²) in [6.45, 7) is 2.52. The SMILES string of the molecule is CSCCN1CC(C(=O)O)C1. The predicted octanol–water partition coefficient (Wildman–Crippen LogP) is 0.366. The molecular weight excluding hydrogens is 162 g/mol. The van der Waals surface area contributed by atoms with Gasteiger partial charge < -0.3 is 10.0 Å². The van der Waals surface area contributed by atoms with Crippen molar-refractivity contribution in [3.8, 4) is 0 Å². The van der Waals surface area contributed by atoms with Crippen LogP contribution < -0.4 is 0 Å². The lowest BCUT2D eigenvalue weighted by molar-refractivity contribution is -0.147. The van der Waals surface area contributed by atoms with Crippen molar-refractivity contribution in [2.75, 3.05) is 31.6 Å². The summed E-state index contributed by atoms with van der Waals surface area (Å²) in [7, 11) is 0. The van der Waals surface area contributed by atoms with E-state index in [-0.39, 0.29) is 5.92 Å². The van der Waals surface area contributed by atoms with E-state index in [9.17, 15) is 4.79 Å². The Morgan fingerprint density at radius 2 is 2.36 bits per heavy atom. The summed E-state index contributed by atoms with van der Waals surface area (Å²) in [5.74, 6) is 0.356. The number of carbonyl (C=O) groups is 1. The highest BCUT2D eigenvalue weighted by Gasteiger charge is 2.31. The number of carboxylic acid groups (broad SMARTS) is 1. The van der Waals surface area contributed by atoms with Gasteiger partial charge in [0.15, 0.2) is 0 Å². The Hall–Kier alpha value is -0.220. The highest BCUT2D eigenvalue weighted by molar-refractivity contribution is 7.98. The van der Waals surface area contributed by atoms with Crippen LogP contribution >= 0.6 is 11.8 Å². The van der Waals surface area contributed by atoms with Gasteiger partial charge in [-0.15, -0.1) is 0 Å². The molecule has 0 aromatic carbocycles. The van der Waals surface area contributed by atoms with Crippen molar-refractivity contribution in [3.63, 3.8) is 0 Å². The minimum atomic E-state index is -0.648. The Labute approximate surface area is 70.8 Å². The molecule has 0 aromatic heterocycles. The van der Waals surface area contributed by atoms with Crippen LogP contribution in [0.3, 0.4) is 0 Å². The number of hydrogen-bond acceptors (Lipinski definition) is 3. The topological polar surface area (TPSA) is 40.5 Å².